The molecule has 1 nitrogen and oxygen atoms in total. The summed E-state index contributed by atoms with van der Waals surface area (Å²) in [5, 5.41) is 0. The Hall–Kier alpha value is -1.11. The summed E-state index contributed by atoms with van der Waals surface area (Å²) in [6.45, 7) is 1.06. The van der Waals surface area contributed by atoms with E-state index in [4.69, 9.17) is 0 Å². The van der Waals surface area contributed by atoms with Crippen molar-refractivity contribution in [1.82, 2.24) is 0 Å². The van der Waals surface area contributed by atoms with Gasteiger partial charge in [-0.1, -0.05) is 18.2 Å². The molecule has 0 bridgehead atoms. The molecule has 10 heavy (non-hydrogen) atoms. The van der Waals surface area contributed by atoms with Gasteiger partial charge in [0.05, 0.1) is 0 Å². The Morgan fingerprint density at radius 2 is 2.30 bits per heavy atom. The van der Waals surface area contributed by atoms with Crippen LogP contribution in [-0.2, 0) is 0 Å². The van der Waals surface area contributed by atoms with Crippen LogP contribution in [0.1, 0.15) is 6.42 Å². The molecule has 0 spiro atoms. The standard InChI is InChI=1S/C9H9N/c1-2-8-4-6-10-7-5-9(8)3-1/h1-4,6H,5,7H2/p+1. The molecule has 50 valence electrons. The Morgan fingerprint density at radius 3 is 3.30 bits per heavy atom. The van der Waals surface area contributed by atoms with Gasteiger partial charge < -0.3 is 0 Å². The predicted octanol–water partition coefficient (Wildman–Crippen LogP) is -0.0359. The molecule has 1 heterocycles. The van der Waals surface area contributed by atoms with Gasteiger partial charge in [-0.15, -0.1) is 0 Å². The molecule has 0 aromatic carbocycles. The second-order valence-corrected chi connectivity index (χ2v) is 2.54. The van der Waals surface area contributed by atoms with Crippen LogP contribution >= 0.6 is 0 Å². The smallest absolute Gasteiger partial charge is 0.162 e. The Labute approximate surface area is 60.5 Å². The highest BCUT2D eigenvalue weighted by atomic mass is 14.7. The largest absolute Gasteiger partial charge is 0.248 e. The predicted molar refractivity (Wildman–Crippen MR) is 41.8 cm³/mol. The Kier molecular flexibility index (Phi) is 1.28. The molecular weight excluding hydrogens is 122 g/mol. The lowest BCUT2D eigenvalue weighted by molar-refractivity contribution is -0.449. The molecule has 2 rings (SSSR count). The summed E-state index contributed by atoms with van der Waals surface area (Å²) in [5.74, 6) is 0. The minimum Gasteiger partial charge on any atom is -0.248 e. The molecule has 0 aromatic rings. The molecule has 0 saturated carbocycles. The van der Waals surface area contributed by atoms with Crippen molar-refractivity contribution in [2.45, 2.75) is 6.42 Å². The molecule has 0 fully saturated rings. The number of rotatable bonds is 0. The lowest BCUT2D eigenvalue weighted by Crippen LogP contribution is -2.68. The molecule has 1 aliphatic carbocycles. The van der Waals surface area contributed by atoms with Crippen molar-refractivity contribution in [2.24, 2.45) is 0 Å². The number of hydrogen-bond donors (Lipinski definition) is 1. The van der Waals surface area contributed by atoms with Crippen LogP contribution in [0.25, 0.3) is 0 Å². The average Bonchev–Trinajstić information content (AvgIpc) is 2.28. The van der Waals surface area contributed by atoms with E-state index in [0.29, 0.717) is 0 Å². The summed E-state index contributed by atoms with van der Waals surface area (Å²) in [6.07, 6.45) is 11.7. The van der Waals surface area contributed by atoms with Crippen LogP contribution < -0.4 is 4.99 Å². The van der Waals surface area contributed by atoms with Gasteiger partial charge in [-0.3, -0.25) is 0 Å². The van der Waals surface area contributed by atoms with E-state index in [9.17, 15) is 0 Å². The van der Waals surface area contributed by atoms with Gasteiger partial charge >= 0.3 is 0 Å². The minimum atomic E-state index is 1.06. The van der Waals surface area contributed by atoms with Crippen molar-refractivity contribution in [2.75, 3.05) is 6.54 Å². The normalized spacial score (nSPS) is 21.6. The zero-order chi connectivity index (χ0) is 6.81. The number of fused-ring (bicyclic) bond motifs is 1. The average molecular weight is 132 g/mol. The topological polar surface area (TPSA) is 14.0 Å². The maximum atomic E-state index is 3.20. The highest BCUT2D eigenvalue weighted by Gasteiger charge is 2.08. The first kappa shape index (κ1) is 5.66. The first-order valence-electron chi connectivity index (χ1n) is 3.61. The molecule has 0 saturated heterocycles. The molecule has 0 aromatic heterocycles. The van der Waals surface area contributed by atoms with Crippen molar-refractivity contribution in [3.05, 3.63) is 35.5 Å². The van der Waals surface area contributed by atoms with Gasteiger partial charge in [0.2, 0.25) is 0 Å². The second kappa shape index (κ2) is 2.25. The van der Waals surface area contributed by atoms with Gasteiger partial charge in [0.25, 0.3) is 0 Å². The van der Waals surface area contributed by atoms with Crippen LogP contribution in [0.2, 0.25) is 0 Å². The van der Waals surface area contributed by atoms with E-state index in [0.717, 1.165) is 13.0 Å². The van der Waals surface area contributed by atoms with E-state index >= 15 is 0 Å². The van der Waals surface area contributed by atoms with Crippen LogP contribution in [0.5, 0.6) is 0 Å². The zero-order valence-electron chi connectivity index (χ0n) is 5.80. The Morgan fingerprint density at radius 1 is 1.30 bits per heavy atom. The molecule has 1 N–H and O–H groups in total. The molecule has 0 amide bonds. The number of allylic oxidation sites excluding steroid dienone is 5. The van der Waals surface area contributed by atoms with E-state index in [1.165, 1.54) is 11.1 Å². The summed E-state index contributed by atoms with van der Waals surface area (Å²) in [5.41, 5.74) is 2.83. The van der Waals surface area contributed by atoms with Crippen molar-refractivity contribution in [3.63, 3.8) is 0 Å². The fourth-order valence-corrected chi connectivity index (χ4v) is 1.30. The van der Waals surface area contributed by atoms with Gasteiger partial charge in [-0.25, -0.2) is 4.99 Å². The van der Waals surface area contributed by atoms with E-state index in [1.54, 1.807) is 0 Å². The number of nitrogens with one attached hydrogen (secondary N) is 1. The van der Waals surface area contributed by atoms with Gasteiger partial charge in [0, 0.05) is 12.5 Å². The number of hydrogen-bond acceptors (Lipinski definition) is 0. The monoisotopic (exact) mass is 132 g/mol. The summed E-state index contributed by atoms with van der Waals surface area (Å²) in [4.78, 5) is 3.20. The van der Waals surface area contributed by atoms with Gasteiger partial charge in [0.15, 0.2) is 6.21 Å². The van der Waals surface area contributed by atoms with E-state index < -0.39 is 0 Å². The van der Waals surface area contributed by atoms with Crippen molar-refractivity contribution < 1.29 is 4.99 Å². The molecular formula is C9H10N+. The lowest BCUT2D eigenvalue weighted by Gasteiger charge is -1.95. The third-order valence-electron chi connectivity index (χ3n) is 1.86. The van der Waals surface area contributed by atoms with Crippen molar-refractivity contribution in [1.29, 1.82) is 0 Å². The van der Waals surface area contributed by atoms with Crippen LogP contribution in [0.4, 0.5) is 0 Å². The minimum absolute atomic E-state index is 1.06. The lowest BCUT2D eigenvalue weighted by atomic mass is 10.1. The van der Waals surface area contributed by atoms with Crippen LogP contribution in [-0.4, -0.2) is 12.8 Å². The highest BCUT2D eigenvalue weighted by Crippen LogP contribution is 2.20. The second-order valence-electron chi connectivity index (χ2n) is 2.54. The van der Waals surface area contributed by atoms with E-state index in [-0.39, 0.29) is 0 Å². The van der Waals surface area contributed by atoms with Gasteiger partial charge in [-0.05, 0) is 11.1 Å². The first-order valence-corrected chi connectivity index (χ1v) is 3.61. The van der Waals surface area contributed by atoms with Gasteiger partial charge in [0.1, 0.15) is 6.54 Å². The quantitative estimate of drug-likeness (QED) is 0.475. The zero-order valence-corrected chi connectivity index (χ0v) is 5.80. The highest BCUT2D eigenvalue weighted by molar-refractivity contribution is 5.71. The third kappa shape index (κ3) is 0.838. The molecule has 0 unspecified atom stereocenters. The fourth-order valence-electron chi connectivity index (χ4n) is 1.30. The Balaban J connectivity index is 2.36. The maximum Gasteiger partial charge on any atom is 0.162 e. The van der Waals surface area contributed by atoms with Crippen LogP contribution in [0, 0.1) is 0 Å². The fraction of sp³-hybridized carbons (Fsp3) is 0.222. The molecule has 0 radical (unpaired) electrons. The van der Waals surface area contributed by atoms with Crippen LogP contribution in [0.3, 0.4) is 0 Å². The summed E-state index contributed by atoms with van der Waals surface area (Å²) >= 11 is 0. The SMILES string of the molecule is C1=CC2=CC=[NH+]CCC2=C1. The maximum absolute atomic E-state index is 3.20. The Bertz CT molecular complexity index is 254. The van der Waals surface area contributed by atoms with Crippen LogP contribution in [0.15, 0.2) is 35.5 Å². The summed E-state index contributed by atoms with van der Waals surface area (Å²) in [7, 11) is 0. The van der Waals surface area contributed by atoms with Gasteiger partial charge in [-0.2, -0.15) is 0 Å². The first-order chi connectivity index (χ1) is 4.97. The summed E-state index contributed by atoms with van der Waals surface area (Å²) < 4.78 is 0. The van der Waals surface area contributed by atoms with E-state index in [1.807, 2.05) is 6.21 Å². The molecule has 1 heteroatoms. The summed E-state index contributed by atoms with van der Waals surface area (Å²) in [6, 6.07) is 0. The van der Waals surface area contributed by atoms with E-state index in [2.05, 4.69) is 29.3 Å². The van der Waals surface area contributed by atoms with Crippen molar-refractivity contribution >= 4 is 6.21 Å². The molecule has 0 atom stereocenters. The third-order valence-corrected chi connectivity index (χ3v) is 1.86. The molecule has 2 aliphatic rings. The molecule has 1 aliphatic heterocycles. The van der Waals surface area contributed by atoms with Crippen molar-refractivity contribution in [3.8, 4) is 0 Å².